The van der Waals surface area contributed by atoms with E-state index in [1.807, 2.05) is 0 Å². The highest BCUT2D eigenvalue weighted by Crippen LogP contribution is 2.16. The molecule has 1 N–H and O–H groups in total. The zero-order chi connectivity index (χ0) is 18.6. The van der Waals surface area contributed by atoms with E-state index in [1.165, 1.54) is 4.68 Å². The Bertz CT molecular complexity index is 1150. The Labute approximate surface area is 153 Å². The fraction of sp³-hybridized carbons (Fsp3) is 0.111. The second-order valence-electron chi connectivity index (χ2n) is 5.76. The van der Waals surface area contributed by atoms with Gasteiger partial charge in [-0.3, -0.25) is 9.59 Å². The molecule has 0 aliphatic rings. The molecular formula is C18H15N7O2. The van der Waals surface area contributed by atoms with Crippen LogP contribution in [-0.2, 0) is 11.3 Å². The first-order chi connectivity index (χ1) is 13.2. The number of carbonyl (C=O) groups excluding carboxylic acids is 1. The van der Waals surface area contributed by atoms with E-state index in [2.05, 4.69) is 25.7 Å². The Morgan fingerprint density at radius 2 is 1.96 bits per heavy atom. The molecule has 0 spiro atoms. The van der Waals surface area contributed by atoms with Crippen LogP contribution < -0.4 is 10.9 Å². The van der Waals surface area contributed by atoms with Crippen molar-refractivity contribution in [1.82, 2.24) is 29.8 Å². The average molecular weight is 361 g/mol. The molecule has 27 heavy (non-hydrogen) atoms. The fourth-order valence-corrected chi connectivity index (χ4v) is 2.66. The van der Waals surface area contributed by atoms with Gasteiger partial charge in [-0.25, -0.2) is 14.3 Å². The summed E-state index contributed by atoms with van der Waals surface area (Å²) >= 11 is 0. The first kappa shape index (κ1) is 16.6. The molecule has 4 rings (SSSR count). The monoisotopic (exact) mass is 361 g/mol. The largest absolute Gasteiger partial charge is 0.323 e. The minimum absolute atomic E-state index is 0.0698. The number of nitrogens with one attached hydrogen (secondary N) is 1. The van der Waals surface area contributed by atoms with Gasteiger partial charge in [-0.15, -0.1) is 5.10 Å². The summed E-state index contributed by atoms with van der Waals surface area (Å²) in [5, 5.41) is 15.3. The lowest BCUT2D eigenvalue weighted by Gasteiger charge is -2.10. The standard InChI is InChI=1S/C18H15N7O2/c26-16(21-15-7-3-9-19-17(15)24-11-4-10-20-24)8-12-25-18(27)13-5-1-2-6-14(13)22-23-25/h1-7,9-11H,8,12H2,(H,21,26). The van der Waals surface area contributed by atoms with Gasteiger partial charge in [0.25, 0.3) is 5.56 Å². The summed E-state index contributed by atoms with van der Waals surface area (Å²) in [6.45, 7) is 0.125. The molecular weight excluding hydrogens is 346 g/mol. The molecule has 0 bridgehead atoms. The van der Waals surface area contributed by atoms with Crippen molar-refractivity contribution in [2.45, 2.75) is 13.0 Å². The van der Waals surface area contributed by atoms with Crippen LogP contribution in [0.4, 0.5) is 5.69 Å². The van der Waals surface area contributed by atoms with Gasteiger partial charge in [0.2, 0.25) is 5.91 Å². The Kier molecular flexibility index (Phi) is 4.40. The molecule has 4 aromatic rings. The van der Waals surface area contributed by atoms with E-state index in [0.29, 0.717) is 22.4 Å². The second kappa shape index (κ2) is 7.16. The van der Waals surface area contributed by atoms with Crippen molar-refractivity contribution in [2.75, 3.05) is 5.32 Å². The Balaban J connectivity index is 1.49. The maximum Gasteiger partial charge on any atom is 0.277 e. The van der Waals surface area contributed by atoms with Crippen LogP contribution >= 0.6 is 0 Å². The van der Waals surface area contributed by atoms with Crippen LogP contribution in [0.15, 0.2) is 65.8 Å². The third kappa shape index (κ3) is 3.43. The van der Waals surface area contributed by atoms with Gasteiger partial charge in [0, 0.05) is 25.0 Å². The predicted octanol–water partition coefficient (Wildman–Crippen LogP) is 1.40. The zero-order valence-electron chi connectivity index (χ0n) is 14.2. The summed E-state index contributed by atoms with van der Waals surface area (Å²) in [4.78, 5) is 29.0. The molecule has 1 amide bonds. The predicted molar refractivity (Wildman–Crippen MR) is 98.4 cm³/mol. The summed E-state index contributed by atoms with van der Waals surface area (Å²) in [5.74, 6) is 0.247. The quantitative estimate of drug-likeness (QED) is 0.576. The van der Waals surface area contributed by atoms with Crippen LogP contribution in [-0.4, -0.2) is 35.7 Å². The van der Waals surface area contributed by atoms with E-state index < -0.39 is 0 Å². The van der Waals surface area contributed by atoms with Crippen molar-refractivity contribution in [2.24, 2.45) is 0 Å². The number of hydrogen-bond donors (Lipinski definition) is 1. The molecule has 9 nitrogen and oxygen atoms in total. The molecule has 1 aromatic carbocycles. The number of rotatable bonds is 5. The van der Waals surface area contributed by atoms with E-state index in [9.17, 15) is 9.59 Å². The minimum Gasteiger partial charge on any atom is -0.323 e. The summed E-state index contributed by atoms with van der Waals surface area (Å²) < 4.78 is 2.76. The molecule has 9 heteroatoms. The lowest BCUT2D eigenvalue weighted by Crippen LogP contribution is -2.26. The lowest BCUT2D eigenvalue weighted by atomic mass is 10.2. The van der Waals surface area contributed by atoms with E-state index in [-0.39, 0.29) is 24.4 Å². The summed E-state index contributed by atoms with van der Waals surface area (Å²) in [5.41, 5.74) is 0.789. The van der Waals surface area contributed by atoms with Crippen LogP contribution in [0.25, 0.3) is 16.7 Å². The van der Waals surface area contributed by atoms with Gasteiger partial charge in [0.05, 0.1) is 17.6 Å². The molecule has 0 radical (unpaired) electrons. The zero-order valence-corrected chi connectivity index (χ0v) is 14.2. The van der Waals surface area contributed by atoms with Gasteiger partial charge in [-0.2, -0.15) is 5.10 Å². The number of pyridine rings is 1. The smallest absolute Gasteiger partial charge is 0.277 e. The third-order valence-corrected chi connectivity index (χ3v) is 3.96. The topological polar surface area (TPSA) is 108 Å². The van der Waals surface area contributed by atoms with Gasteiger partial charge in [0.1, 0.15) is 5.52 Å². The van der Waals surface area contributed by atoms with Crippen LogP contribution in [0.5, 0.6) is 0 Å². The van der Waals surface area contributed by atoms with Gasteiger partial charge in [-0.1, -0.05) is 17.3 Å². The van der Waals surface area contributed by atoms with Gasteiger partial charge in [0.15, 0.2) is 5.82 Å². The number of aryl methyl sites for hydroxylation is 1. The average Bonchev–Trinajstić information content (AvgIpc) is 3.23. The minimum atomic E-state index is -0.271. The molecule has 3 heterocycles. The highest BCUT2D eigenvalue weighted by Gasteiger charge is 2.11. The van der Waals surface area contributed by atoms with Crippen LogP contribution in [0.1, 0.15) is 6.42 Å². The fourth-order valence-electron chi connectivity index (χ4n) is 2.66. The van der Waals surface area contributed by atoms with Crippen LogP contribution in [0.2, 0.25) is 0 Å². The molecule has 0 saturated heterocycles. The van der Waals surface area contributed by atoms with Crippen molar-refractivity contribution < 1.29 is 4.79 Å². The Morgan fingerprint density at radius 3 is 2.81 bits per heavy atom. The maximum absolute atomic E-state index is 12.4. The van der Waals surface area contributed by atoms with E-state index in [0.717, 1.165) is 0 Å². The van der Waals surface area contributed by atoms with Gasteiger partial charge >= 0.3 is 0 Å². The molecule has 0 atom stereocenters. The van der Waals surface area contributed by atoms with E-state index >= 15 is 0 Å². The number of carbonyl (C=O) groups is 1. The Hall–Kier alpha value is -3.88. The first-order valence-electron chi connectivity index (χ1n) is 8.30. The van der Waals surface area contributed by atoms with E-state index in [1.54, 1.807) is 65.7 Å². The Morgan fingerprint density at radius 1 is 1.07 bits per heavy atom. The van der Waals surface area contributed by atoms with Crippen molar-refractivity contribution in [3.63, 3.8) is 0 Å². The molecule has 134 valence electrons. The number of amides is 1. The number of hydrogen-bond acceptors (Lipinski definition) is 6. The lowest BCUT2D eigenvalue weighted by molar-refractivity contribution is -0.116. The van der Waals surface area contributed by atoms with Gasteiger partial charge < -0.3 is 5.32 Å². The number of nitrogens with zero attached hydrogens (tertiary/aromatic N) is 6. The van der Waals surface area contributed by atoms with Crippen LogP contribution in [0, 0.1) is 0 Å². The summed E-state index contributed by atoms with van der Waals surface area (Å²) in [6.07, 6.45) is 5.06. The third-order valence-electron chi connectivity index (χ3n) is 3.96. The number of benzene rings is 1. The maximum atomic E-state index is 12.4. The van der Waals surface area contributed by atoms with Gasteiger partial charge in [-0.05, 0) is 30.3 Å². The molecule has 3 aromatic heterocycles. The summed E-state index contributed by atoms with van der Waals surface area (Å²) in [7, 11) is 0. The van der Waals surface area contributed by atoms with Crippen molar-refractivity contribution in [3.8, 4) is 5.82 Å². The van der Waals surface area contributed by atoms with Crippen LogP contribution in [0.3, 0.4) is 0 Å². The highest BCUT2D eigenvalue weighted by atomic mass is 16.2. The molecule has 0 aliphatic heterocycles. The first-order valence-corrected chi connectivity index (χ1v) is 8.30. The second-order valence-corrected chi connectivity index (χ2v) is 5.76. The number of aromatic nitrogens is 6. The highest BCUT2D eigenvalue weighted by molar-refractivity contribution is 5.92. The van der Waals surface area contributed by atoms with Crippen molar-refractivity contribution >= 4 is 22.5 Å². The summed E-state index contributed by atoms with van der Waals surface area (Å²) in [6, 6.07) is 12.2. The normalized spacial score (nSPS) is 10.8. The number of fused-ring (bicyclic) bond motifs is 1. The SMILES string of the molecule is O=C(CCn1nnc2ccccc2c1=O)Nc1cccnc1-n1cccn1. The molecule has 0 fully saturated rings. The molecule has 0 unspecified atom stereocenters. The molecule has 0 aliphatic carbocycles. The van der Waals surface area contributed by atoms with Crippen molar-refractivity contribution in [3.05, 3.63) is 71.4 Å². The van der Waals surface area contributed by atoms with Crippen molar-refractivity contribution in [1.29, 1.82) is 0 Å². The van der Waals surface area contributed by atoms with E-state index in [4.69, 9.17) is 0 Å². The molecule has 0 saturated carbocycles. The number of anilines is 1.